The molecule has 0 N–H and O–H groups in total. The molecule has 2 amide bonds. The average Bonchev–Trinajstić information content (AvgIpc) is 2.83. The summed E-state index contributed by atoms with van der Waals surface area (Å²) in [7, 11) is 0. The van der Waals surface area contributed by atoms with Crippen molar-refractivity contribution in [1.82, 2.24) is 4.90 Å². The smallest absolute Gasteiger partial charge is 0.230 e. The van der Waals surface area contributed by atoms with Gasteiger partial charge in [-0.15, -0.1) is 0 Å². The highest BCUT2D eigenvalue weighted by molar-refractivity contribution is 6.02. The molecule has 3 rings (SSSR count). The van der Waals surface area contributed by atoms with E-state index in [-0.39, 0.29) is 24.0 Å². The molecule has 0 spiro atoms. The molecular formula is C17H13F2NO2. The van der Waals surface area contributed by atoms with Gasteiger partial charge in [0, 0.05) is 24.0 Å². The van der Waals surface area contributed by atoms with Crippen LogP contribution < -0.4 is 0 Å². The van der Waals surface area contributed by atoms with E-state index in [1.165, 1.54) is 36.4 Å². The molecule has 0 unspecified atom stereocenters. The number of amides is 2. The Kier molecular flexibility index (Phi) is 3.71. The van der Waals surface area contributed by atoms with Gasteiger partial charge in [0.2, 0.25) is 11.8 Å². The third-order valence-electron chi connectivity index (χ3n) is 3.75. The Morgan fingerprint density at radius 2 is 1.18 bits per heavy atom. The number of nitrogens with zero attached hydrogens (tertiary/aromatic N) is 1. The lowest BCUT2D eigenvalue weighted by atomic mass is 9.96. The summed E-state index contributed by atoms with van der Waals surface area (Å²) in [6, 6.07) is 10.5. The molecule has 2 aromatic carbocycles. The monoisotopic (exact) mass is 301 g/mol. The Labute approximate surface area is 126 Å². The first kappa shape index (κ1) is 14.4. The standard InChI is InChI=1S/C17H13F2NO2/c18-13-7-3-1-5-11(13)17(12-6-2-4-8-14(12)19)20-15(21)9-10-16(20)22/h1-8,17H,9-10H2. The van der Waals surface area contributed by atoms with Gasteiger partial charge < -0.3 is 0 Å². The summed E-state index contributed by atoms with van der Waals surface area (Å²) in [5, 5.41) is 0. The number of halogens is 2. The van der Waals surface area contributed by atoms with Crippen molar-refractivity contribution < 1.29 is 18.4 Å². The fraction of sp³-hybridized carbons (Fsp3) is 0.176. The van der Waals surface area contributed by atoms with E-state index in [4.69, 9.17) is 0 Å². The molecule has 0 aliphatic carbocycles. The topological polar surface area (TPSA) is 37.4 Å². The highest BCUT2D eigenvalue weighted by atomic mass is 19.1. The summed E-state index contributed by atoms with van der Waals surface area (Å²) in [6.07, 6.45) is 0.135. The van der Waals surface area contributed by atoms with Crippen LogP contribution in [-0.2, 0) is 9.59 Å². The Morgan fingerprint density at radius 1 is 0.773 bits per heavy atom. The van der Waals surface area contributed by atoms with Crippen LogP contribution in [0, 0.1) is 11.6 Å². The van der Waals surface area contributed by atoms with Crippen molar-refractivity contribution in [3.63, 3.8) is 0 Å². The largest absolute Gasteiger partial charge is 0.274 e. The van der Waals surface area contributed by atoms with E-state index in [1.54, 1.807) is 12.1 Å². The predicted octanol–water partition coefficient (Wildman–Crippen LogP) is 3.20. The summed E-state index contributed by atoms with van der Waals surface area (Å²) in [6.45, 7) is 0. The van der Waals surface area contributed by atoms with Crippen molar-refractivity contribution >= 4 is 11.8 Å². The molecule has 0 atom stereocenters. The van der Waals surface area contributed by atoms with Crippen molar-refractivity contribution in [2.45, 2.75) is 18.9 Å². The zero-order chi connectivity index (χ0) is 15.7. The van der Waals surface area contributed by atoms with E-state index >= 15 is 0 Å². The Hall–Kier alpha value is -2.56. The first-order valence-electron chi connectivity index (χ1n) is 6.93. The van der Waals surface area contributed by atoms with Gasteiger partial charge in [0.25, 0.3) is 0 Å². The van der Waals surface area contributed by atoms with Crippen LogP contribution in [0.5, 0.6) is 0 Å². The summed E-state index contributed by atoms with van der Waals surface area (Å²) in [5.41, 5.74) is 0.215. The van der Waals surface area contributed by atoms with Gasteiger partial charge in [0.15, 0.2) is 0 Å². The molecule has 1 saturated heterocycles. The molecular weight excluding hydrogens is 288 g/mol. The summed E-state index contributed by atoms with van der Waals surface area (Å²) in [5.74, 6) is -1.99. The minimum Gasteiger partial charge on any atom is -0.274 e. The Bertz CT molecular complexity index is 683. The molecule has 0 bridgehead atoms. The number of likely N-dealkylation sites (tertiary alicyclic amines) is 1. The molecule has 1 aliphatic rings. The van der Waals surface area contributed by atoms with Crippen LogP contribution in [0.15, 0.2) is 48.5 Å². The third kappa shape index (κ3) is 2.39. The van der Waals surface area contributed by atoms with Crippen molar-refractivity contribution in [2.75, 3.05) is 0 Å². The zero-order valence-electron chi connectivity index (χ0n) is 11.6. The Balaban J connectivity index is 2.19. The van der Waals surface area contributed by atoms with Gasteiger partial charge in [-0.1, -0.05) is 36.4 Å². The fourth-order valence-corrected chi connectivity index (χ4v) is 2.72. The van der Waals surface area contributed by atoms with E-state index in [0.717, 1.165) is 4.90 Å². The number of imide groups is 1. The SMILES string of the molecule is O=C1CCC(=O)N1C(c1ccccc1F)c1ccccc1F. The fourth-order valence-electron chi connectivity index (χ4n) is 2.72. The molecule has 0 saturated carbocycles. The molecule has 1 fully saturated rings. The highest BCUT2D eigenvalue weighted by Crippen LogP contribution is 2.35. The molecule has 0 aromatic heterocycles. The van der Waals surface area contributed by atoms with Crippen molar-refractivity contribution in [3.8, 4) is 0 Å². The number of benzene rings is 2. The maximum atomic E-state index is 14.2. The number of hydrogen-bond donors (Lipinski definition) is 0. The van der Waals surface area contributed by atoms with Gasteiger partial charge in [-0.05, 0) is 12.1 Å². The van der Waals surface area contributed by atoms with Gasteiger partial charge in [-0.2, -0.15) is 0 Å². The second kappa shape index (κ2) is 5.67. The van der Waals surface area contributed by atoms with E-state index in [2.05, 4.69) is 0 Å². The average molecular weight is 301 g/mol. The number of carbonyl (C=O) groups excluding carboxylic acids is 2. The number of rotatable bonds is 3. The quantitative estimate of drug-likeness (QED) is 0.816. The van der Waals surface area contributed by atoms with Crippen molar-refractivity contribution in [3.05, 3.63) is 71.3 Å². The number of carbonyl (C=O) groups is 2. The lowest BCUT2D eigenvalue weighted by Crippen LogP contribution is -2.35. The summed E-state index contributed by atoms with van der Waals surface area (Å²) >= 11 is 0. The molecule has 1 aliphatic heterocycles. The van der Waals surface area contributed by atoms with Crippen molar-refractivity contribution in [2.24, 2.45) is 0 Å². The van der Waals surface area contributed by atoms with E-state index in [0.29, 0.717) is 0 Å². The maximum Gasteiger partial charge on any atom is 0.230 e. The van der Waals surface area contributed by atoms with E-state index in [9.17, 15) is 18.4 Å². The van der Waals surface area contributed by atoms with Crippen LogP contribution in [0.3, 0.4) is 0 Å². The molecule has 5 heteroatoms. The maximum absolute atomic E-state index is 14.2. The van der Waals surface area contributed by atoms with E-state index < -0.39 is 29.5 Å². The molecule has 0 radical (unpaired) electrons. The van der Waals surface area contributed by atoms with Crippen LogP contribution in [0.4, 0.5) is 8.78 Å². The van der Waals surface area contributed by atoms with Gasteiger partial charge in [0.1, 0.15) is 11.6 Å². The van der Waals surface area contributed by atoms with Gasteiger partial charge in [0.05, 0.1) is 6.04 Å². The van der Waals surface area contributed by atoms with Crippen LogP contribution in [0.1, 0.15) is 30.0 Å². The summed E-state index contributed by atoms with van der Waals surface area (Å²) in [4.78, 5) is 25.1. The normalized spacial score (nSPS) is 15.0. The van der Waals surface area contributed by atoms with Gasteiger partial charge in [-0.25, -0.2) is 8.78 Å². The van der Waals surface area contributed by atoms with Crippen LogP contribution in [-0.4, -0.2) is 16.7 Å². The molecule has 112 valence electrons. The highest BCUT2D eigenvalue weighted by Gasteiger charge is 2.38. The van der Waals surface area contributed by atoms with Crippen LogP contribution >= 0.6 is 0 Å². The minimum atomic E-state index is -1.08. The molecule has 1 heterocycles. The van der Waals surface area contributed by atoms with Gasteiger partial charge >= 0.3 is 0 Å². The second-order valence-corrected chi connectivity index (χ2v) is 5.10. The van der Waals surface area contributed by atoms with Crippen molar-refractivity contribution in [1.29, 1.82) is 0 Å². The lowest BCUT2D eigenvalue weighted by molar-refractivity contribution is -0.140. The zero-order valence-corrected chi connectivity index (χ0v) is 11.6. The minimum absolute atomic E-state index is 0.0677. The summed E-state index contributed by atoms with van der Waals surface area (Å²) < 4.78 is 28.4. The third-order valence-corrected chi connectivity index (χ3v) is 3.75. The molecule has 22 heavy (non-hydrogen) atoms. The van der Waals surface area contributed by atoms with Gasteiger partial charge in [-0.3, -0.25) is 14.5 Å². The van der Waals surface area contributed by atoms with Crippen LogP contribution in [0.2, 0.25) is 0 Å². The first-order chi connectivity index (χ1) is 10.6. The predicted molar refractivity (Wildman–Crippen MR) is 75.7 cm³/mol. The second-order valence-electron chi connectivity index (χ2n) is 5.10. The first-order valence-corrected chi connectivity index (χ1v) is 6.93. The number of hydrogen-bond acceptors (Lipinski definition) is 2. The molecule has 3 nitrogen and oxygen atoms in total. The Morgan fingerprint density at radius 3 is 1.59 bits per heavy atom. The van der Waals surface area contributed by atoms with E-state index in [1.807, 2.05) is 0 Å². The molecule has 2 aromatic rings. The lowest BCUT2D eigenvalue weighted by Gasteiger charge is -2.27. The van der Waals surface area contributed by atoms with Crippen LogP contribution in [0.25, 0.3) is 0 Å².